The Labute approximate surface area is 186 Å². The molecule has 0 atom stereocenters. The predicted octanol–water partition coefficient (Wildman–Crippen LogP) is 5.06. The Balaban J connectivity index is 1.71. The van der Waals surface area contributed by atoms with Gasteiger partial charge in [-0.25, -0.2) is 0 Å². The summed E-state index contributed by atoms with van der Waals surface area (Å²) in [6.45, 7) is 0.462. The molecule has 164 valence electrons. The number of hydrogen-bond acceptors (Lipinski definition) is 6. The number of nitrogens with zero attached hydrogens (tertiary/aromatic N) is 2. The van der Waals surface area contributed by atoms with Crippen molar-refractivity contribution < 1.29 is 24.2 Å². The molecule has 32 heavy (non-hydrogen) atoms. The summed E-state index contributed by atoms with van der Waals surface area (Å²) < 4.78 is 22.3. The van der Waals surface area contributed by atoms with Crippen molar-refractivity contribution in [3.63, 3.8) is 0 Å². The molecule has 7 heteroatoms. The van der Waals surface area contributed by atoms with Crippen molar-refractivity contribution in [3.8, 4) is 45.4 Å². The molecule has 7 nitrogen and oxygen atoms in total. The molecular weight excluding hydrogens is 408 g/mol. The average Bonchev–Trinajstić information content (AvgIpc) is 3.23. The maximum Gasteiger partial charge on any atom is 0.203 e. The molecule has 0 unspecified atom stereocenters. The molecule has 4 rings (SSSR count). The predicted molar refractivity (Wildman–Crippen MR) is 121 cm³/mol. The van der Waals surface area contributed by atoms with Gasteiger partial charge in [0.1, 0.15) is 18.1 Å². The highest BCUT2D eigenvalue weighted by Crippen LogP contribution is 2.43. The minimum Gasteiger partial charge on any atom is -0.493 e. The Kier molecular flexibility index (Phi) is 6.17. The van der Waals surface area contributed by atoms with E-state index in [4.69, 9.17) is 18.9 Å². The maximum atomic E-state index is 10.5. The smallest absolute Gasteiger partial charge is 0.203 e. The van der Waals surface area contributed by atoms with Gasteiger partial charge in [0.25, 0.3) is 0 Å². The van der Waals surface area contributed by atoms with Gasteiger partial charge in [-0.15, -0.1) is 9.94 Å². The van der Waals surface area contributed by atoms with E-state index in [2.05, 4.69) is 5.10 Å². The van der Waals surface area contributed by atoms with Crippen molar-refractivity contribution in [2.75, 3.05) is 21.3 Å². The van der Waals surface area contributed by atoms with Gasteiger partial charge in [-0.05, 0) is 35.4 Å². The quantitative estimate of drug-likeness (QED) is 0.392. The summed E-state index contributed by atoms with van der Waals surface area (Å²) in [5.41, 5.74) is 3.81. The van der Waals surface area contributed by atoms with E-state index in [0.717, 1.165) is 21.5 Å². The van der Waals surface area contributed by atoms with Gasteiger partial charge in [0.2, 0.25) is 5.75 Å². The molecule has 3 aromatic carbocycles. The third-order valence-electron chi connectivity index (χ3n) is 5.08. The molecule has 0 saturated carbocycles. The van der Waals surface area contributed by atoms with Crippen molar-refractivity contribution in [1.82, 2.24) is 9.94 Å². The number of hydrogen-bond donors (Lipinski definition) is 1. The summed E-state index contributed by atoms with van der Waals surface area (Å²) >= 11 is 0. The van der Waals surface area contributed by atoms with Gasteiger partial charge < -0.3 is 24.2 Å². The Morgan fingerprint density at radius 1 is 0.812 bits per heavy atom. The van der Waals surface area contributed by atoms with Crippen LogP contribution in [0.2, 0.25) is 0 Å². The molecule has 0 aliphatic carbocycles. The lowest BCUT2D eigenvalue weighted by Gasteiger charge is -2.15. The molecule has 0 radical (unpaired) electrons. The van der Waals surface area contributed by atoms with Gasteiger partial charge in [0.15, 0.2) is 11.5 Å². The first-order valence-electron chi connectivity index (χ1n) is 9.99. The highest BCUT2D eigenvalue weighted by molar-refractivity contribution is 5.83. The Morgan fingerprint density at radius 3 is 2.19 bits per heavy atom. The fraction of sp³-hybridized carbons (Fsp3) is 0.160. The van der Waals surface area contributed by atoms with E-state index in [1.165, 1.54) is 0 Å². The molecule has 1 aromatic heterocycles. The first-order valence-corrected chi connectivity index (χ1v) is 9.99. The molecule has 1 heterocycles. The van der Waals surface area contributed by atoms with Crippen LogP contribution in [0.25, 0.3) is 22.4 Å². The maximum absolute atomic E-state index is 10.5. The third kappa shape index (κ3) is 4.18. The summed E-state index contributed by atoms with van der Waals surface area (Å²) in [5.74, 6) is 2.15. The normalized spacial score (nSPS) is 10.6. The molecule has 0 aliphatic heterocycles. The number of ether oxygens (including phenoxy) is 4. The topological polar surface area (TPSA) is 75.0 Å². The zero-order chi connectivity index (χ0) is 22.5. The molecule has 0 spiro atoms. The van der Waals surface area contributed by atoms with E-state index in [1.54, 1.807) is 39.7 Å². The second-order valence-electron chi connectivity index (χ2n) is 7.01. The van der Waals surface area contributed by atoms with Crippen LogP contribution < -0.4 is 18.9 Å². The van der Waals surface area contributed by atoms with Crippen LogP contribution in [0, 0.1) is 0 Å². The molecule has 0 bridgehead atoms. The van der Waals surface area contributed by atoms with Gasteiger partial charge in [-0.2, -0.15) is 0 Å². The van der Waals surface area contributed by atoms with Gasteiger partial charge >= 0.3 is 0 Å². The van der Waals surface area contributed by atoms with E-state index in [9.17, 15) is 5.21 Å². The molecular formula is C25H24N2O5. The van der Waals surface area contributed by atoms with E-state index >= 15 is 0 Å². The second-order valence-corrected chi connectivity index (χ2v) is 7.01. The summed E-state index contributed by atoms with van der Waals surface area (Å²) in [6.07, 6.45) is 1.61. The van der Waals surface area contributed by atoms with Crippen molar-refractivity contribution in [3.05, 3.63) is 78.5 Å². The van der Waals surface area contributed by atoms with Gasteiger partial charge in [0, 0.05) is 11.1 Å². The van der Waals surface area contributed by atoms with Crippen molar-refractivity contribution in [2.45, 2.75) is 6.61 Å². The van der Waals surface area contributed by atoms with Crippen LogP contribution in [0.15, 0.2) is 72.9 Å². The Morgan fingerprint density at radius 2 is 1.53 bits per heavy atom. The van der Waals surface area contributed by atoms with Crippen LogP contribution in [0.4, 0.5) is 0 Å². The fourth-order valence-electron chi connectivity index (χ4n) is 3.53. The monoisotopic (exact) mass is 432 g/mol. The number of benzene rings is 3. The fourth-order valence-corrected chi connectivity index (χ4v) is 3.53. The van der Waals surface area contributed by atoms with Crippen LogP contribution in [0.5, 0.6) is 23.0 Å². The molecule has 0 aliphatic rings. The highest BCUT2D eigenvalue weighted by Gasteiger charge is 2.20. The van der Waals surface area contributed by atoms with Crippen molar-refractivity contribution in [1.29, 1.82) is 0 Å². The lowest BCUT2D eigenvalue weighted by atomic mass is 10.0. The SMILES string of the molecule is COc1cc(-c2c(-c3cccc(OCc4ccccc4)c3)cnn2O)cc(OC)c1OC. The first kappa shape index (κ1) is 21.1. The van der Waals surface area contributed by atoms with E-state index < -0.39 is 0 Å². The largest absolute Gasteiger partial charge is 0.493 e. The molecule has 0 amide bonds. The van der Waals surface area contributed by atoms with Crippen molar-refractivity contribution >= 4 is 0 Å². The molecule has 1 N–H and O–H groups in total. The summed E-state index contributed by atoms with van der Waals surface area (Å²) in [5, 5.41) is 14.5. The van der Waals surface area contributed by atoms with Gasteiger partial charge in [-0.1, -0.05) is 42.5 Å². The average molecular weight is 432 g/mol. The van der Waals surface area contributed by atoms with E-state index in [-0.39, 0.29) is 0 Å². The van der Waals surface area contributed by atoms with E-state index in [1.807, 2.05) is 54.6 Å². The zero-order valence-corrected chi connectivity index (χ0v) is 18.1. The summed E-state index contributed by atoms with van der Waals surface area (Å²) in [7, 11) is 4.64. The van der Waals surface area contributed by atoms with Crippen LogP contribution in [0.1, 0.15) is 5.56 Å². The molecule has 4 aromatic rings. The number of methoxy groups -OCH3 is 3. The first-order chi connectivity index (χ1) is 15.6. The van der Waals surface area contributed by atoms with Crippen LogP contribution in [-0.2, 0) is 6.61 Å². The molecule has 0 fully saturated rings. The van der Waals surface area contributed by atoms with Crippen LogP contribution in [-0.4, -0.2) is 36.5 Å². The van der Waals surface area contributed by atoms with Gasteiger partial charge in [0.05, 0.1) is 27.5 Å². The second kappa shape index (κ2) is 9.34. The standard InChI is InChI=1S/C25H24N2O5/c1-29-22-13-19(14-23(30-2)25(22)31-3)24-21(15-26-27(24)28)18-10-7-11-20(12-18)32-16-17-8-5-4-6-9-17/h4-15,28H,16H2,1-3H3. The van der Waals surface area contributed by atoms with Gasteiger partial charge in [-0.3, -0.25) is 0 Å². The lowest BCUT2D eigenvalue weighted by Crippen LogP contribution is -2.00. The van der Waals surface area contributed by atoms with Crippen molar-refractivity contribution in [2.24, 2.45) is 0 Å². The Hall–Kier alpha value is -4.13. The Bertz CT molecular complexity index is 1180. The highest BCUT2D eigenvalue weighted by atomic mass is 16.5. The summed E-state index contributed by atoms with van der Waals surface area (Å²) in [6, 6.07) is 21.2. The minimum atomic E-state index is 0.462. The minimum absolute atomic E-state index is 0.462. The zero-order valence-electron chi connectivity index (χ0n) is 18.1. The summed E-state index contributed by atoms with van der Waals surface area (Å²) in [4.78, 5) is 0.841. The lowest BCUT2D eigenvalue weighted by molar-refractivity contribution is 0.153. The third-order valence-corrected chi connectivity index (χ3v) is 5.08. The van der Waals surface area contributed by atoms with E-state index in [0.29, 0.717) is 40.9 Å². The van der Waals surface area contributed by atoms with Crippen LogP contribution in [0.3, 0.4) is 0 Å². The number of rotatable bonds is 8. The number of aromatic nitrogens is 2. The van der Waals surface area contributed by atoms with Crippen LogP contribution >= 0.6 is 0 Å². The molecule has 0 saturated heterocycles.